The van der Waals surface area contributed by atoms with E-state index in [0.29, 0.717) is 12.8 Å². The molecule has 5 atom stereocenters. The summed E-state index contributed by atoms with van der Waals surface area (Å²) in [7, 11) is 0. The minimum atomic E-state index is -0.577. The summed E-state index contributed by atoms with van der Waals surface area (Å²) in [6, 6.07) is 0. The molecule has 0 saturated heterocycles. The Morgan fingerprint density at radius 2 is 1.92 bits per heavy atom. The first-order chi connectivity index (χ1) is 11.6. The number of carbonyl (C=O) groups is 1. The highest BCUT2D eigenvalue weighted by atomic mass is 35.5. The van der Waals surface area contributed by atoms with Crippen LogP contribution in [0.15, 0.2) is 36.5 Å². The summed E-state index contributed by atoms with van der Waals surface area (Å²) in [4.78, 5) is 12.1. The number of aliphatic hydroxyl groups excluding tert-OH is 1. The summed E-state index contributed by atoms with van der Waals surface area (Å²) in [5, 5.41) is 10.1. The van der Waals surface area contributed by atoms with Crippen LogP contribution in [0.5, 0.6) is 0 Å². The monoisotopic (exact) mass is 352 g/mol. The van der Waals surface area contributed by atoms with Crippen LogP contribution in [-0.2, 0) is 9.53 Å². The molecule has 0 unspecified atom stereocenters. The summed E-state index contributed by atoms with van der Waals surface area (Å²) in [6.07, 6.45) is 17.2. The van der Waals surface area contributed by atoms with Crippen LogP contribution in [-0.4, -0.2) is 28.7 Å². The fraction of sp³-hybridized carbons (Fsp3) is 0.650. The maximum atomic E-state index is 12.1. The van der Waals surface area contributed by atoms with Gasteiger partial charge in [-0.15, -0.1) is 11.6 Å². The van der Waals surface area contributed by atoms with Gasteiger partial charge in [-0.3, -0.25) is 4.79 Å². The van der Waals surface area contributed by atoms with Crippen molar-refractivity contribution in [3.05, 3.63) is 36.5 Å². The Morgan fingerprint density at radius 3 is 2.67 bits per heavy atom. The first-order valence-electron chi connectivity index (χ1n) is 9.11. The number of hydrogen-bond acceptors (Lipinski definition) is 3. The molecule has 24 heavy (non-hydrogen) atoms. The Morgan fingerprint density at radius 1 is 1.21 bits per heavy atom. The molecule has 4 heteroatoms. The normalized spacial score (nSPS) is 39.6. The summed E-state index contributed by atoms with van der Waals surface area (Å²) in [5.74, 6) is -0.103. The van der Waals surface area contributed by atoms with Gasteiger partial charge in [0.2, 0.25) is 0 Å². The van der Waals surface area contributed by atoms with E-state index in [9.17, 15) is 9.90 Å². The fourth-order valence-electron chi connectivity index (χ4n) is 3.57. The number of allylic oxidation sites excluding steroid dienone is 5. The Labute approximate surface area is 150 Å². The highest BCUT2D eigenvalue weighted by Crippen LogP contribution is 2.40. The molecule has 2 aliphatic rings. The minimum absolute atomic E-state index is 0.0496. The van der Waals surface area contributed by atoms with Crippen LogP contribution in [0, 0.1) is 11.8 Å². The number of aliphatic hydroxyl groups is 1. The molecule has 2 rings (SSSR count). The molecular formula is C20H29ClO3. The molecule has 1 aliphatic heterocycles. The number of alkyl halides is 1. The largest absolute Gasteiger partial charge is 0.462 e. The average Bonchev–Trinajstić information content (AvgIpc) is 2.84. The van der Waals surface area contributed by atoms with Crippen molar-refractivity contribution in [3.63, 3.8) is 0 Å². The Kier molecular flexibility index (Phi) is 8.07. The minimum Gasteiger partial charge on any atom is -0.462 e. The predicted octanol–water partition coefficient (Wildman–Crippen LogP) is 4.55. The molecule has 0 amide bonds. The summed E-state index contributed by atoms with van der Waals surface area (Å²) in [6.45, 7) is 2.02. The van der Waals surface area contributed by atoms with Gasteiger partial charge in [0, 0.05) is 18.3 Å². The van der Waals surface area contributed by atoms with Crippen molar-refractivity contribution in [2.45, 2.75) is 69.5 Å². The van der Waals surface area contributed by atoms with Gasteiger partial charge in [0.15, 0.2) is 0 Å². The van der Waals surface area contributed by atoms with Crippen molar-refractivity contribution in [2.24, 2.45) is 11.8 Å². The lowest BCUT2D eigenvalue weighted by Crippen LogP contribution is -2.31. The molecule has 1 heterocycles. The van der Waals surface area contributed by atoms with E-state index in [0.717, 1.165) is 32.1 Å². The molecule has 1 N–H and O–H groups in total. The molecule has 0 aromatic heterocycles. The Balaban J connectivity index is 2.14. The topological polar surface area (TPSA) is 46.5 Å². The van der Waals surface area contributed by atoms with E-state index < -0.39 is 6.10 Å². The molecule has 0 spiro atoms. The van der Waals surface area contributed by atoms with Gasteiger partial charge in [0.25, 0.3) is 0 Å². The molecule has 0 bridgehead atoms. The van der Waals surface area contributed by atoms with Gasteiger partial charge in [-0.2, -0.15) is 0 Å². The van der Waals surface area contributed by atoms with Gasteiger partial charge in [-0.1, -0.05) is 43.4 Å². The molecule has 1 fully saturated rings. The number of carbonyl (C=O) groups excluding carboxylic acids is 1. The fourth-order valence-corrected chi connectivity index (χ4v) is 3.95. The summed E-state index contributed by atoms with van der Waals surface area (Å²) >= 11 is 6.30. The van der Waals surface area contributed by atoms with Crippen LogP contribution in [0.2, 0.25) is 0 Å². The molecule has 1 saturated carbocycles. The van der Waals surface area contributed by atoms with Gasteiger partial charge in [-0.05, 0) is 38.5 Å². The smallest absolute Gasteiger partial charge is 0.306 e. The van der Waals surface area contributed by atoms with Crippen molar-refractivity contribution >= 4 is 17.6 Å². The van der Waals surface area contributed by atoms with Crippen molar-refractivity contribution in [1.82, 2.24) is 0 Å². The van der Waals surface area contributed by atoms with E-state index >= 15 is 0 Å². The Bertz CT molecular complexity index is 483. The van der Waals surface area contributed by atoms with Crippen LogP contribution in [0.3, 0.4) is 0 Å². The number of cyclic esters (lactones) is 1. The van der Waals surface area contributed by atoms with Crippen molar-refractivity contribution in [2.75, 3.05) is 0 Å². The quantitative estimate of drug-likeness (QED) is 0.428. The number of ether oxygens (including phenoxy) is 1. The maximum Gasteiger partial charge on any atom is 0.306 e. The summed E-state index contributed by atoms with van der Waals surface area (Å²) < 4.78 is 5.73. The highest BCUT2D eigenvalue weighted by molar-refractivity contribution is 6.21. The van der Waals surface area contributed by atoms with Crippen molar-refractivity contribution in [1.29, 1.82) is 0 Å². The molecule has 0 aromatic carbocycles. The second-order valence-electron chi connectivity index (χ2n) is 6.65. The van der Waals surface area contributed by atoms with Crippen molar-refractivity contribution in [3.8, 4) is 0 Å². The average molecular weight is 353 g/mol. The molecule has 134 valence electrons. The first-order valence-corrected chi connectivity index (χ1v) is 9.55. The van der Waals surface area contributed by atoms with E-state index in [-0.39, 0.29) is 29.3 Å². The van der Waals surface area contributed by atoms with Crippen LogP contribution < -0.4 is 0 Å². The van der Waals surface area contributed by atoms with E-state index in [2.05, 4.69) is 36.5 Å². The molecule has 0 aromatic rings. The number of rotatable bonds is 1. The lowest BCUT2D eigenvalue weighted by Gasteiger charge is -2.27. The van der Waals surface area contributed by atoms with Crippen LogP contribution in [0.25, 0.3) is 0 Å². The SMILES string of the molecule is CC[C@H]1OC(=O)CCC/C=C\C/C=C\C/C=C\[C@@H]2[C@@H](O)[C@H](Cl)C[C@H]21. The van der Waals surface area contributed by atoms with Crippen LogP contribution in [0.1, 0.15) is 51.9 Å². The zero-order valence-electron chi connectivity index (χ0n) is 14.4. The zero-order chi connectivity index (χ0) is 17.4. The summed E-state index contributed by atoms with van der Waals surface area (Å²) in [5.41, 5.74) is 0. The van der Waals surface area contributed by atoms with Gasteiger partial charge in [0.1, 0.15) is 6.10 Å². The van der Waals surface area contributed by atoms with Gasteiger partial charge in [-0.25, -0.2) is 0 Å². The third-order valence-corrected chi connectivity index (χ3v) is 5.34. The van der Waals surface area contributed by atoms with E-state index in [1.165, 1.54) is 0 Å². The number of halogens is 1. The number of fused-ring (bicyclic) bond motifs is 1. The molecule has 3 nitrogen and oxygen atoms in total. The lowest BCUT2D eigenvalue weighted by atomic mass is 9.88. The zero-order valence-corrected chi connectivity index (χ0v) is 15.2. The highest BCUT2D eigenvalue weighted by Gasteiger charge is 2.44. The number of esters is 1. The van der Waals surface area contributed by atoms with E-state index in [1.807, 2.05) is 6.92 Å². The van der Waals surface area contributed by atoms with Crippen molar-refractivity contribution < 1.29 is 14.6 Å². The predicted molar refractivity (Wildman–Crippen MR) is 97.9 cm³/mol. The number of hydrogen-bond donors (Lipinski definition) is 1. The Hall–Kier alpha value is -1.06. The third-order valence-electron chi connectivity index (χ3n) is 4.91. The second-order valence-corrected chi connectivity index (χ2v) is 7.22. The molecule has 1 aliphatic carbocycles. The molecular weight excluding hydrogens is 324 g/mol. The van der Waals surface area contributed by atoms with E-state index in [1.54, 1.807) is 0 Å². The lowest BCUT2D eigenvalue weighted by molar-refractivity contribution is -0.153. The second kappa shape index (κ2) is 10.0. The maximum absolute atomic E-state index is 12.1. The van der Waals surface area contributed by atoms with Gasteiger partial charge < -0.3 is 9.84 Å². The van der Waals surface area contributed by atoms with Gasteiger partial charge in [0.05, 0.1) is 11.5 Å². The van der Waals surface area contributed by atoms with Crippen LogP contribution in [0.4, 0.5) is 0 Å². The van der Waals surface area contributed by atoms with E-state index in [4.69, 9.17) is 16.3 Å². The molecule has 0 radical (unpaired) electrons. The van der Waals surface area contributed by atoms with Gasteiger partial charge >= 0.3 is 5.97 Å². The van der Waals surface area contributed by atoms with Crippen LogP contribution >= 0.6 is 11.6 Å². The third kappa shape index (κ3) is 5.49. The first kappa shape index (κ1) is 19.3. The standard InChI is InChI=1S/C20H29ClO3/c1-2-18-16-14-17(21)20(23)15(16)12-10-8-6-4-3-5-7-9-11-13-19(22)24-18/h4-7,10,12,15-18,20,23H,2-3,8-9,11,13-14H2,1H3/b6-4-,7-5-,12-10-/t15-,16+,17+,18+,20+/m0/s1.